The Morgan fingerprint density at radius 1 is 0.885 bits per heavy atom. The van der Waals surface area contributed by atoms with Gasteiger partial charge in [-0.2, -0.15) is 0 Å². The Morgan fingerprint density at radius 3 is 2.12 bits per heavy atom. The number of carbonyl (C=O) groups is 1. The second kappa shape index (κ2) is 5.83. The molecule has 0 atom stereocenters. The monoisotopic (exact) mass is 347 g/mol. The molecule has 0 unspecified atom stereocenters. The van der Waals surface area contributed by atoms with Crippen molar-refractivity contribution >= 4 is 29.8 Å². The average Bonchev–Trinajstić information content (AvgIpc) is 3.02. The third kappa shape index (κ3) is 2.59. The zero-order valence-corrected chi connectivity index (χ0v) is 15.5. The van der Waals surface area contributed by atoms with Gasteiger partial charge in [-0.15, -0.1) is 0 Å². The number of benzene rings is 2. The van der Waals surface area contributed by atoms with E-state index in [0.29, 0.717) is 5.57 Å². The number of para-hydroxylation sites is 1. The molecule has 0 aliphatic carbocycles. The minimum atomic E-state index is -0.616. The van der Waals surface area contributed by atoms with Crippen molar-refractivity contribution in [2.24, 2.45) is 0 Å². The van der Waals surface area contributed by atoms with E-state index in [4.69, 9.17) is 9.31 Å². The maximum Gasteiger partial charge on any atom is 0.496 e. The van der Waals surface area contributed by atoms with Gasteiger partial charge in [0.25, 0.3) is 5.91 Å². The Balaban J connectivity index is 1.93. The zero-order chi connectivity index (χ0) is 18.5. The lowest BCUT2D eigenvalue weighted by molar-refractivity contribution is -0.110. The largest absolute Gasteiger partial charge is 0.496 e. The highest BCUT2D eigenvalue weighted by Gasteiger charge is 2.53. The molecule has 1 N–H and O–H groups in total. The van der Waals surface area contributed by atoms with Gasteiger partial charge in [-0.25, -0.2) is 0 Å². The van der Waals surface area contributed by atoms with Crippen LogP contribution in [0.3, 0.4) is 0 Å². The molecule has 0 radical (unpaired) electrons. The molecule has 1 saturated heterocycles. The summed E-state index contributed by atoms with van der Waals surface area (Å²) in [7, 11) is -0.616. The molecule has 2 aromatic carbocycles. The number of nitrogens with one attached hydrogen (secondary N) is 1. The normalized spacial score (nSPS) is 22.2. The van der Waals surface area contributed by atoms with Crippen LogP contribution in [0.5, 0.6) is 0 Å². The van der Waals surface area contributed by atoms with E-state index in [1.807, 2.05) is 82.3 Å². The van der Waals surface area contributed by atoms with Gasteiger partial charge < -0.3 is 14.6 Å². The third-order valence-corrected chi connectivity index (χ3v) is 5.51. The van der Waals surface area contributed by atoms with Crippen LogP contribution in [0.1, 0.15) is 38.8 Å². The first-order chi connectivity index (χ1) is 12.3. The Hall–Kier alpha value is -2.37. The molecule has 2 aromatic rings. The molecule has 5 heteroatoms. The summed E-state index contributed by atoms with van der Waals surface area (Å²) in [5, 5.41) is 2.95. The number of amides is 1. The Morgan fingerprint density at radius 2 is 1.46 bits per heavy atom. The Bertz CT molecular complexity index is 886. The topological polar surface area (TPSA) is 47.6 Å². The van der Waals surface area contributed by atoms with Crippen LogP contribution in [0.25, 0.3) is 11.0 Å². The van der Waals surface area contributed by atoms with Crippen LogP contribution in [0, 0.1) is 0 Å². The Kier molecular flexibility index (Phi) is 3.83. The highest BCUT2D eigenvalue weighted by atomic mass is 16.7. The maximum absolute atomic E-state index is 12.8. The summed E-state index contributed by atoms with van der Waals surface area (Å²) in [5.41, 5.74) is 3.05. The van der Waals surface area contributed by atoms with Gasteiger partial charge in [-0.05, 0) is 39.3 Å². The van der Waals surface area contributed by atoms with E-state index >= 15 is 0 Å². The molecule has 2 heterocycles. The molecule has 132 valence electrons. The molecule has 26 heavy (non-hydrogen) atoms. The van der Waals surface area contributed by atoms with Crippen molar-refractivity contribution in [3.63, 3.8) is 0 Å². The molecule has 2 aliphatic heterocycles. The van der Waals surface area contributed by atoms with Gasteiger partial charge in [0.1, 0.15) is 0 Å². The summed E-state index contributed by atoms with van der Waals surface area (Å²) < 4.78 is 12.6. The summed E-state index contributed by atoms with van der Waals surface area (Å²) in [6.45, 7) is 8.07. The predicted molar refractivity (Wildman–Crippen MR) is 104 cm³/mol. The average molecular weight is 347 g/mol. The number of hydrogen-bond acceptors (Lipinski definition) is 3. The summed E-state index contributed by atoms with van der Waals surface area (Å²) in [5.74, 6) is -0.125. The highest BCUT2D eigenvalue weighted by Crippen LogP contribution is 2.44. The Labute approximate surface area is 154 Å². The van der Waals surface area contributed by atoms with Crippen molar-refractivity contribution in [2.45, 2.75) is 38.9 Å². The van der Waals surface area contributed by atoms with E-state index in [9.17, 15) is 4.79 Å². The van der Waals surface area contributed by atoms with Gasteiger partial charge in [-0.3, -0.25) is 4.79 Å². The van der Waals surface area contributed by atoms with Crippen LogP contribution < -0.4 is 5.32 Å². The van der Waals surface area contributed by atoms with Crippen LogP contribution in [0.4, 0.5) is 5.69 Å². The van der Waals surface area contributed by atoms with Gasteiger partial charge in [-0.1, -0.05) is 48.5 Å². The van der Waals surface area contributed by atoms with Crippen LogP contribution in [-0.2, 0) is 14.1 Å². The van der Waals surface area contributed by atoms with E-state index in [2.05, 4.69) is 5.32 Å². The van der Waals surface area contributed by atoms with Gasteiger partial charge >= 0.3 is 7.12 Å². The van der Waals surface area contributed by atoms with Crippen molar-refractivity contribution in [3.8, 4) is 0 Å². The van der Waals surface area contributed by atoms with E-state index < -0.39 is 18.3 Å². The van der Waals surface area contributed by atoms with E-state index in [1.54, 1.807) is 0 Å². The van der Waals surface area contributed by atoms with Gasteiger partial charge in [0.2, 0.25) is 0 Å². The number of fused-ring (bicyclic) bond motifs is 1. The van der Waals surface area contributed by atoms with E-state index in [1.165, 1.54) is 0 Å². The van der Waals surface area contributed by atoms with Crippen LogP contribution in [0.15, 0.2) is 54.6 Å². The van der Waals surface area contributed by atoms with Crippen molar-refractivity contribution in [3.05, 3.63) is 65.7 Å². The quantitative estimate of drug-likeness (QED) is 0.655. The van der Waals surface area contributed by atoms with Crippen molar-refractivity contribution < 1.29 is 14.1 Å². The molecule has 2 aliphatic rings. The second-order valence-electron chi connectivity index (χ2n) is 7.74. The summed E-state index contributed by atoms with van der Waals surface area (Å²) in [4.78, 5) is 12.8. The van der Waals surface area contributed by atoms with Crippen molar-refractivity contribution in [1.82, 2.24) is 0 Å². The number of rotatable bonds is 2. The first kappa shape index (κ1) is 17.1. The summed E-state index contributed by atoms with van der Waals surface area (Å²) >= 11 is 0. The first-order valence-electron chi connectivity index (χ1n) is 8.86. The van der Waals surface area contributed by atoms with Crippen molar-refractivity contribution in [1.29, 1.82) is 0 Å². The predicted octanol–water partition coefficient (Wildman–Crippen LogP) is 4.18. The lowest BCUT2D eigenvalue weighted by atomic mass is 9.70. The first-order valence-corrected chi connectivity index (χ1v) is 8.86. The highest BCUT2D eigenvalue weighted by molar-refractivity contribution is 6.74. The van der Waals surface area contributed by atoms with Gasteiger partial charge in [0.15, 0.2) is 0 Å². The maximum atomic E-state index is 12.8. The SMILES string of the molecule is CC1(C)OB(/C(=C2\C(=O)Nc3ccccc32)c2ccccc2)OC1(C)C. The second-order valence-corrected chi connectivity index (χ2v) is 7.74. The number of hydrogen-bond donors (Lipinski definition) is 1. The van der Waals surface area contributed by atoms with Crippen LogP contribution >= 0.6 is 0 Å². The molecule has 1 fully saturated rings. The smallest absolute Gasteiger partial charge is 0.399 e. The van der Waals surface area contributed by atoms with Crippen LogP contribution in [-0.4, -0.2) is 24.2 Å². The lowest BCUT2D eigenvalue weighted by Crippen LogP contribution is -2.41. The zero-order valence-electron chi connectivity index (χ0n) is 15.5. The fourth-order valence-electron chi connectivity index (χ4n) is 3.36. The summed E-state index contributed by atoms with van der Waals surface area (Å²) in [6, 6.07) is 17.6. The number of carbonyl (C=O) groups excluding carboxylic acids is 1. The fraction of sp³-hybridized carbons (Fsp3) is 0.286. The van der Waals surface area contributed by atoms with Crippen LogP contribution in [0.2, 0.25) is 0 Å². The lowest BCUT2D eigenvalue weighted by Gasteiger charge is -2.32. The molecule has 0 saturated carbocycles. The molecule has 4 rings (SSSR count). The molecule has 4 nitrogen and oxygen atoms in total. The minimum absolute atomic E-state index is 0.125. The molecule has 1 amide bonds. The molecular formula is C21H22BNO3. The standard InChI is InChI=1S/C21H22BNO3/c1-20(2)21(3,4)26-22(25-20)18(14-10-6-5-7-11-14)17-15-12-8-9-13-16(15)23-19(17)24/h5-13H,1-4H3,(H,23,24)/b18-17-. The fourth-order valence-corrected chi connectivity index (χ4v) is 3.36. The minimum Gasteiger partial charge on any atom is -0.399 e. The molecule has 0 aromatic heterocycles. The molecular weight excluding hydrogens is 325 g/mol. The molecule has 0 bridgehead atoms. The van der Waals surface area contributed by atoms with Crippen molar-refractivity contribution in [2.75, 3.05) is 5.32 Å². The van der Waals surface area contributed by atoms with E-state index in [0.717, 1.165) is 22.3 Å². The van der Waals surface area contributed by atoms with E-state index in [-0.39, 0.29) is 5.91 Å². The van der Waals surface area contributed by atoms with Gasteiger partial charge in [0, 0.05) is 22.3 Å². The molecule has 0 spiro atoms. The van der Waals surface area contributed by atoms with Gasteiger partial charge in [0.05, 0.1) is 11.2 Å². The number of anilines is 1. The summed E-state index contributed by atoms with van der Waals surface area (Å²) in [6.07, 6.45) is 0. The third-order valence-electron chi connectivity index (χ3n) is 5.51.